The van der Waals surface area contributed by atoms with Gasteiger partial charge in [-0.05, 0) is 48.7 Å². The lowest BCUT2D eigenvalue weighted by Crippen LogP contribution is -2.23. The highest BCUT2D eigenvalue weighted by Gasteiger charge is 2.22. The van der Waals surface area contributed by atoms with Crippen LogP contribution in [-0.4, -0.2) is 17.6 Å². The summed E-state index contributed by atoms with van der Waals surface area (Å²) in [5, 5.41) is 9.43. The molecule has 22 heavy (non-hydrogen) atoms. The van der Waals surface area contributed by atoms with Gasteiger partial charge in [0.1, 0.15) is 0 Å². The van der Waals surface area contributed by atoms with E-state index in [-0.39, 0.29) is 12.5 Å². The van der Waals surface area contributed by atoms with Gasteiger partial charge in [-0.1, -0.05) is 30.0 Å². The number of rotatable bonds is 4. The molecule has 3 rings (SSSR count). The van der Waals surface area contributed by atoms with Crippen LogP contribution in [-0.2, 0) is 11.4 Å². The second-order valence-corrected chi connectivity index (χ2v) is 6.55. The van der Waals surface area contributed by atoms with Crippen LogP contribution in [0.25, 0.3) is 0 Å². The minimum atomic E-state index is 0.0442. The Kier molecular flexibility index (Phi) is 4.50. The van der Waals surface area contributed by atoms with Crippen LogP contribution in [0.3, 0.4) is 0 Å². The van der Waals surface area contributed by atoms with Crippen molar-refractivity contribution in [3.8, 4) is 0 Å². The molecule has 0 bridgehead atoms. The molecule has 1 N–H and O–H groups in total. The molecule has 0 aliphatic carbocycles. The number of aliphatic hydroxyl groups is 1. The van der Waals surface area contributed by atoms with E-state index in [2.05, 4.69) is 19.1 Å². The third-order valence-corrected chi connectivity index (χ3v) is 5.20. The van der Waals surface area contributed by atoms with Crippen molar-refractivity contribution in [2.45, 2.75) is 36.2 Å². The van der Waals surface area contributed by atoms with Gasteiger partial charge in [0.2, 0.25) is 5.91 Å². The Morgan fingerprint density at radius 1 is 1.18 bits per heavy atom. The molecule has 2 aromatic carbocycles. The number of amides is 1. The number of carbonyl (C=O) groups excluding carboxylic acids is 1. The van der Waals surface area contributed by atoms with Crippen molar-refractivity contribution in [3.63, 3.8) is 0 Å². The summed E-state index contributed by atoms with van der Waals surface area (Å²) < 4.78 is 0. The number of carbonyl (C=O) groups is 1. The first-order chi connectivity index (χ1) is 10.7. The maximum atomic E-state index is 11.8. The van der Waals surface area contributed by atoms with E-state index in [1.54, 1.807) is 11.8 Å². The van der Waals surface area contributed by atoms with E-state index in [0.717, 1.165) is 39.6 Å². The molecule has 1 saturated heterocycles. The summed E-state index contributed by atoms with van der Waals surface area (Å²) in [5.74, 6) is 0.213. The molecule has 0 saturated carbocycles. The Labute approximate surface area is 135 Å². The molecule has 1 amide bonds. The molecule has 1 fully saturated rings. The number of hydrogen-bond acceptors (Lipinski definition) is 3. The zero-order valence-electron chi connectivity index (χ0n) is 12.6. The molecule has 0 unspecified atom stereocenters. The van der Waals surface area contributed by atoms with Gasteiger partial charge in [0.25, 0.3) is 0 Å². The molecular formula is C18H19NO2S. The van der Waals surface area contributed by atoms with Crippen molar-refractivity contribution in [3.05, 3.63) is 53.6 Å². The fourth-order valence-electron chi connectivity index (χ4n) is 2.69. The van der Waals surface area contributed by atoms with Crippen molar-refractivity contribution in [2.75, 3.05) is 11.4 Å². The van der Waals surface area contributed by atoms with Crippen LogP contribution in [0.5, 0.6) is 0 Å². The minimum Gasteiger partial charge on any atom is -0.392 e. The summed E-state index contributed by atoms with van der Waals surface area (Å²) in [6, 6.07) is 14.0. The quantitative estimate of drug-likeness (QED) is 0.934. The predicted octanol–water partition coefficient (Wildman–Crippen LogP) is 3.77. The maximum Gasteiger partial charge on any atom is 0.227 e. The van der Waals surface area contributed by atoms with Crippen LogP contribution in [0.4, 0.5) is 5.69 Å². The van der Waals surface area contributed by atoms with Gasteiger partial charge < -0.3 is 10.0 Å². The number of aliphatic hydroxyl groups excluding tert-OH is 1. The summed E-state index contributed by atoms with van der Waals surface area (Å²) in [7, 11) is 0. The highest BCUT2D eigenvalue weighted by Crippen LogP contribution is 2.35. The van der Waals surface area contributed by atoms with E-state index < -0.39 is 0 Å². The number of benzene rings is 2. The van der Waals surface area contributed by atoms with E-state index in [4.69, 9.17) is 0 Å². The Hall–Kier alpha value is -1.78. The summed E-state index contributed by atoms with van der Waals surface area (Å²) >= 11 is 1.65. The molecular weight excluding hydrogens is 294 g/mol. The molecule has 4 heteroatoms. The molecule has 0 radical (unpaired) electrons. The molecule has 0 atom stereocenters. The number of hydrogen-bond donors (Lipinski definition) is 1. The smallest absolute Gasteiger partial charge is 0.227 e. The van der Waals surface area contributed by atoms with Crippen LogP contribution in [0.15, 0.2) is 52.3 Å². The maximum absolute atomic E-state index is 11.8. The molecule has 3 nitrogen and oxygen atoms in total. The summed E-state index contributed by atoms with van der Waals surface area (Å²) in [5.41, 5.74) is 3.07. The van der Waals surface area contributed by atoms with Gasteiger partial charge >= 0.3 is 0 Å². The standard InChI is InChI=1S/C18H19NO2S/c1-13-11-15(19-10-4-7-18(19)21)8-9-16(13)22-17-6-3-2-5-14(17)12-20/h2-3,5-6,8-9,11,20H,4,7,10,12H2,1H3. The first-order valence-corrected chi connectivity index (χ1v) is 8.28. The largest absolute Gasteiger partial charge is 0.392 e. The van der Waals surface area contributed by atoms with Crippen LogP contribution in [0.1, 0.15) is 24.0 Å². The predicted molar refractivity (Wildman–Crippen MR) is 89.3 cm³/mol. The average molecular weight is 313 g/mol. The highest BCUT2D eigenvalue weighted by atomic mass is 32.2. The van der Waals surface area contributed by atoms with Crippen molar-refractivity contribution >= 4 is 23.4 Å². The van der Waals surface area contributed by atoms with Gasteiger partial charge in [0.05, 0.1) is 6.61 Å². The highest BCUT2D eigenvalue weighted by molar-refractivity contribution is 7.99. The Morgan fingerprint density at radius 3 is 2.68 bits per heavy atom. The number of anilines is 1. The molecule has 114 valence electrons. The molecule has 0 spiro atoms. The third kappa shape index (κ3) is 3.03. The lowest BCUT2D eigenvalue weighted by Gasteiger charge is -2.17. The van der Waals surface area contributed by atoms with E-state index in [0.29, 0.717) is 6.42 Å². The molecule has 2 aromatic rings. The fraction of sp³-hybridized carbons (Fsp3) is 0.278. The summed E-state index contributed by atoms with van der Waals surface area (Å²) in [4.78, 5) is 15.9. The van der Waals surface area contributed by atoms with Gasteiger partial charge in [0.15, 0.2) is 0 Å². The summed E-state index contributed by atoms with van der Waals surface area (Å²) in [6.07, 6.45) is 1.59. The zero-order chi connectivity index (χ0) is 15.5. The van der Waals surface area contributed by atoms with Gasteiger partial charge in [0, 0.05) is 28.4 Å². The summed E-state index contributed by atoms with van der Waals surface area (Å²) in [6.45, 7) is 2.93. The monoisotopic (exact) mass is 313 g/mol. The topological polar surface area (TPSA) is 40.5 Å². The van der Waals surface area contributed by atoms with Gasteiger partial charge in [-0.25, -0.2) is 0 Å². The van der Waals surface area contributed by atoms with Crippen LogP contribution in [0.2, 0.25) is 0 Å². The van der Waals surface area contributed by atoms with Crippen LogP contribution >= 0.6 is 11.8 Å². The molecule has 1 aliphatic rings. The van der Waals surface area contributed by atoms with Crippen LogP contribution in [0, 0.1) is 6.92 Å². The molecule has 0 aromatic heterocycles. The fourth-order valence-corrected chi connectivity index (χ4v) is 3.69. The number of nitrogens with zero attached hydrogens (tertiary/aromatic N) is 1. The van der Waals surface area contributed by atoms with Crippen molar-refractivity contribution < 1.29 is 9.90 Å². The first-order valence-electron chi connectivity index (χ1n) is 7.46. The van der Waals surface area contributed by atoms with Gasteiger partial charge in [-0.15, -0.1) is 0 Å². The van der Waals surface area contributed by atoms with E-state index in [1.807, 2.05) is 35.2 Å². The lowest BCUT2D eigenvalue weighted by atomic mass is 10.2. The first kappa shape index (κ1) is 15.1. The minimum absolute atomic E-state index is 0.0442. The van der Waals surface area contributed by atoms with Crippen molar-refractivity contribution in [2.24, 2.45) is 0 Å². The van der Waals surface area contributed by atoms with Crippen molar-refractivity contribution in [1.82, 2.24) is 0 Å². The Morgan fingerprint density at radius 2 is 2.00 bits per heavy atom. The van der Waals surface area contributed by atoms with E-state index in [1.165, 1.54) is 0 Å². The molecule has 1 heterocycles. The van der Waals surface area contributed by atoms with E-state index in [9.17, 15) is 9.90 Å². The van der Waals surface area contributed by atoms with E-state index >= 15 is 0 Å². The molecule has 1 aliphatic heterocycles. The van der Waals surface area contributed by atoms with Gasteiger partial charge in [-0.2, -0.15) is 0 Å². The SMILES string of the molecule is Cc1cc(N2CCCC2=O)ccc1Sc1ccccc1CO. The second kappa shape index (κ2) is 6.55. The normalized spacial score (nSPS) is 14.6. The van der Waals surface area contributed by atoms with Gasteiger partial charge in [-0.3, -0.25) is 4.79 Å². The average Bonchev–Trinajstić information content (AvgIpc) is 2.96. The Bertz CT molecular complexity index is 699. The number of aryl methyl sites for hydroxylation is 1. The Balaban J connectivity index is 1.85. The second-order valence-electron chi connectivity index (χ2n) is 5.47. The third-order valence-electron chi connectivity index (χ3n) is 3.91. The van der Waals surface area contributed by atoms with Crippen LogP contribution < -0.4 is 4.90 Å². The zero-order valence-corrected chi connectivity index (χ0v) is 13.4. The van der Waals surface area contributed by atoms with Crippen molar-refractivity contribution in [1.29, 1.82) is 0 Å². The lowest BCUT2D eigenvalue weighted by molar-refractivity contribution is -0.117.